The Labute approximate surface area is 225 Å². The molecule has 0 atom stereocenters. The molecule has 0 bridgehead atoms. The van der Waals surface area contributed by atoms with Crippen molar-refractivity contribution in [2.75, 3.05) is 54.9 Å². The van der Waals surface area contributed by atoms with Gasteiger partial charge in [-0.25, -0.2) is 9.59 Å². The van der Waals surface area contributed by atoms with E-state index in [0.29, 0.717) is 50.8 Å². The maximum absolute atomic E-state index is 12.7. The zero-order valence-corrected chi connectivity index (χ0v) is 23.8. The van der Waals surface area contributed by atoms with E-state index in [9.17, 15) is 14.2 Å². The van der Waals surface area contributed by atoms with Crippen molar-refractivity contribution in [1.29, 1.82) is 0 Å². The lowest BCUT2D eigenvalue weighted by molar-refractivity contribution is 0.0240. The average Bonchev–Trinajstić information content (AvgIpc) is 2.85. The molecule has 1 saturated heterocycles. The Morgan fingerprint density at radius 2 is 1.34 bits per heavy atom. The van der Waals surface area contributed by atoms with Gasteiger partial charge in [-0.05, 0) is 76.6 Å². The van der Waals surface area contributed by atoms with Crippen LogP contribution in [0, 0.1) is 0 Å². The number of carbonyl (C=O) groups is 2. The van der Waals surface area contributed by atoms with Crippen molar-refractivity contribution in [2.24, 2.45) is 0 Å². The van der Waals surface area contributed by atoms with Crippen molar-refractivity contribution in [1.82, 2.24) is 4.90 Å². The molecule has 11 heteroatoms. The molecule has 0 spiro atoms. The number of nitrogens with zero attached hydrogens (tertiary/aromatic N) is 2. The van der Waals surface area contributed by atoms with E-state index in [1.165, 1.54) is 0 Å². The number of piperazine rings is 1. The normalized spacial score (nSPS) is 14.2. The Hall–Kier alpha value is -3.07. The molecule has 0 radical (unpaired) electrons. The number of nitrogens with one attached hydrogen (secondary N) is 2. The van der Waals surface area contributed by atoms with E-state index in [4.69, 9.17) is 13.8 Å². The second kappa shape index (κ2) is 13.1. The Balaban J connectivity index is 1.48. The highest BCUT2D eigenvalue weighted by Gasteiger charge is 2.26. The van der Waals surface area contributed by atoms with E-state index in [-0.39, 0.29) is 18.3 Å². The van der Waals surface area contributed by atoms with Gasteiger partial charge in [0.1, 0.15) is 5.60 Å². The van der Waals surface area contributed by atoms with Crippen LogP contribution in [-0.2, 0) is 24.5 Å². The number of amides is 3. The second-order valence-electron chi connectivity index (χ2n) is 9.88. The lowest BCUT2D eigenvalue weighted by Crippen LogP contribution is -2.50. The Bertz CT molecular complexity index is 1100. The van der Waals surface area contributed by atoms with Gasteiger partial charge >= 0.3 is 19.7 Å². The zero-order chi connectivity index (χ0) is 27.8. The van der Waals surface area contributed by atoms with Crippen LogP contribution < -0.4 is 15.5 Å². The quantitative estimate of drug-likeness (QED) is 0.363. The number of anilines is 3. The highest BCUT2D eigenvalue weighted by molar-refractivity contribution is 7.53. The molecule has 0 aliphatic carbocycles. The molecule has 1 heterocycles. The summed E-state index contributed by atoms with van der Waals surface area (Å²) in [5, 5.41) is 5.63. The van der Waals surface area contributed by atoms with E-state index < -0.39 is 13.2 Å². The third kappa shape index (κ3) is 9.04. The van der Waals surface area contributed by atoms with Gasteiger partial charge in [0.15, 0.2) is 0 Å². The van der Waals surface area contributed by atoms with Gasteiger partial charge in [-0.2, -0.15) is 0 Å². The smallest absolute Gasteiger partial charge is 0.410 e. The second-order valence-corrected chi connectivity index (χ2v) is 11.9. The summed E-state index contributed by atoms with van der Waals surface area (Å²) >= 11 is 0. The van der Waals surface area contributed by atoms with Gasteiger partial charge in [0.25, 0.3) is 0 Å². The summed E-state index contributed by atoms with van der Waals surface area (Å²) < 4.78 is 28.9. The van der Waals surface area contributed by atoms with Crippen molar-refractivity contribution < 1.29 is 27.9 Å². The molecule has 208 valence electrons. The maximum atomic E-state index is 12.7. The van der Waals surface area contributed by atoms with E-state index >= 15 is 0 Å². The molecule has 2 aromatic carbocycles. The lowest BCUT2D eigenvalue weighted by atomic mass is 10.2. The molecule has 10 nitrogen and oxygen atoms in total. The van der Waals surface area contributed by atoms with Crippen molar-refractivity contribution in [3.05, 3.63) is 54.1 Å². The summed E-state index contributed by atoms with van der Waals surface area (Å²) in [6, 6.07) is 14.3. The Morgan fingerprint density at radius 3 is 1.82 bits per heavy atom. The van der Waals surface area contributed by atoms with Gasteiger partial charge in [-0.3, -0.25) is 4.57 Å². The minimum Gasteiger partial charge on any atom is -0.444 e. The topological polar surface area (TPSA) is 109 Å². The van der Waals surface area contributed by atoms with Crippen LogP contribution in [0.15, 0.2) is 48.5 Å². The lowest BCUT2D eigenvalue weighted by Gasteiger charge is -2.36. The summed E-state index contributed by atoms with van der Waals surface area (Å²) in [6.07, 6.45) is -0.114. The standard InChI is InChI=1S/C27H39N4O6P/c1-6-35-38(34,36-7-2)20-21-8-10-22(11-9-21)28-25(32)29-23-12-14-24(15-13-23)30-16-18-31(19-17-30)26(33)37-27(3,4)5/h8-15H,6-7,16-20H2,1-5H3,(H2,28,29,32). The van der Waals surface area contributed by atoms with Crippen molar-refractivity contribution >= 4 is 36.8 Å². The predicted molar refractivity (Wildman–Crippen MR) is 150 cm³/mol. The van der Waals surface area contributed by atoms with Crippen molar-refractivity contribution in [2.45, 2.75) is 46.4 Å². The van der Waals surface area contributed by atoms with Crippen LogP contribution in [0.4, 0.5) is 26.7 Å². The highest BCUT2D eigenvalue weighted by Crippen LogP contribution is 2.51. The molecule has 0 aromatic heterocycles. The Morgan fingerprint density at radius 1 is 0.842 bits per heavy atom. The fourth-order valence-electron chi connectivity index (χ4n) is 3.96. The number of benzene rings is 2. The molecule has 2 aromatic rings. The van der Waals surface area contributed by atoms with Gasteiger partial charge in [-0.15, -0.1) is 0 Å². The number of urea groups is 1. The molecule has 3 rings (SSSR count). The number of ether oxygens (including phenoxy) is 1. The molecule has 1 aliphatic rings. The molecule has 2 N–H and O–H groups in total. The van der Waals surface area contributed by atoms with E-state index in [0.717, 1.165) is 11.3 Å². The molecule has 0 saturated carbocycles. The third-order valence-electron chi connectivity index (χ3n) is 5.66. The minimum absolute atomic E-state index is 0.170. The third-order valence-corrected chi connectivity index (χ3v) is 7.72. The van der Waals surface area contributed by atoms with Crippen LogP contribution in [0.3, 0.4) is 0 Å². The molecular formula is C27H39N4O6P. The van der Waals surface area contributed by atoms with Crippen LogP contribution in [0.2, 0.25) is 0 Å². The van der Waals surface area contributed by atoms with Crippen molar-refractivity contribution in [3.8, 4) is 0 Å². The molecule has 1 fully saturated rings. The average molecular weight is 547 g/mol. The fraction of sp³-hybridized carbons (Fsp3) is 0.481. The predicted octanol–water partition coefficient (Wildman–Crippen LogP) is 6.15. The van der Waals surface area contributed by atoms with Gasteiger partial charge in [-0.1, -0.05) is 12.1 Å². The van der Waals surface area contributed by atoms with Gasteiger partial charge in [0.2, 0.25) is 0 Å². The summed E-state index contributed by atoms with van der Waals surface area (Å²) in [4.78, 5) is 28.7. The first-order valence-electron chi connectivity index (χ1n) is 12.9. The fourth-order valence-corrected chi connectivity index (χ4v) is 5.66. The molecule has 0 unspecified atom stereocenters. The van der Waals surface area contributed by atoms with Crippen LogP contribution in [0.5, 0.6) is 0 Å². The molecule has 3 amide bonds. The Kier molecular flexibility index (Phi) is 10.2. The number of rotatable bonds is 9. The minimum atomic E-state index is -3.19. The summed E-state index contributed by atoms with van der Waals surface area (Å²) in [5.41, 5.74) is 2.57. The van der Waals surface area contributed by atoms with Crippen LogP contribution in [0.25, 0.3) is 0 Å². The largest absolute Gasteiger partial charge is 0.444 e. The van der Waals surface area contributed by atoms with Crippen molar-refractivity contribution in [3.63, 3.8) is 0 Å². The number of hydrogen-bond acceptors (Lipinski definition) is 7. The highest BCUT2D eigenvalue weighted by atomic mass is 31.2. The van der Waals surface area contributed by atoms with Crippen LogP contribution in [-0.4, -0.2) is 62.0 Å². The summed E-state index contributed by atoms with van der Waals surface area (Å²) in [6.45, 7) is 12.3. The first kappa shape index (κ1) is 29.5. The molecular weight excluding hydrogens is 507 g/mol. The van der Waals surface area contributed by atoms with Crippen LogP contribution in [0.1, 0.15) is 40.2 Å². The summed E-state index contributed by atoms with van der Waals surface area (Å²) in [7, 11) is -3.19. The van der Waals surface area contributed by atoms with Crippen LogP contribution >= 0.6 is 7.60 Å². The van der Waals surface area contributed by atoms with Gasteiger partial charge < -0.3 is 34.2 Å². The number of carbonyl (C=O) groups excluding carboxylic acids is 2. The van der Waals surface area contributed by atoms with E-state index in [2.05, 4.69) is 15.5 Å². The van der Waals surface area contributed by atoms with Gasteiger partial charge in [0.05, 0.1) is 19.4 Å². The molecule has 1 aliphatic heterocycles. The summed E-state index contributed by atoms with van der Waals surface area (Å²) in [5.74, 6) is 0. The monoisotopic (exact) mass is 546 g/mol. The first-order valence-corrected chi connectivity index (χ1v) is 14.6. The number of hydrogen-bond donors (Lipinski definition) is 2. The van der Waals surface area contributed by atoms with E-state index in [1.54, 1.807) is 43.0 Å². The maximum Gasteiger partial charge on any atom is 0.410 e. The zero-order valence-electron chi connectivity index (χ0n) is 22.9. The van der Waals surface area contributed by atoms with Gasteiger partial charge in [0, 0.05) is 43.2 Å². The molecule has 38 heavy (non-hydrogen) atoms. The first-order chi connectivity index (χ1) is 18.0. The SMILES string of the molecule is CCOP(=O)(Cc1ccc(NC(=O)Nc2ccc(N3CCN(C(=O)OC(C)(C)C)CC3)cc2)cc1)OCC. The van der Waals surface area contributed by atoms with E-state index in [1.807, 2.05) is 45.0 Å².